The van der Waals surface area contributed by atoms with Crippen LogP contribution >= 0.6 is 11.6 Å². The molecule has 64 valence electrons. The molecule has 0 spiro atoms. The molecule has 1 aromatic carbocycles. The van der Waals surface area contributed by atoms with Gasteiger partial charge in [-0.25, -0.2) is 0 Å². The van der Waals surface area contributed by atoms with Crippen molar-refractivity contribution in [3.63, 3.8) is 0 Å². The summed E-state index contributed by atoms with van der Waals surface area (Å²) in [5.41, 5.74) is 2.70. The van der Waals surface area contributed by atoms with Crippen LogP contribution in [0.1, 0.15) is 24.0 Å². The predicted octanol–water partition coefficient (Wildman–Crippen LogP) is 3.38. The third-order valence-electron chi connectivity index (χ3n) is 2.37. The van der Waals surface area contributed by atoms with Gasteiger partial charge in [-0.1, -0.05) is 24.3 Å². The second-order valence-corrected chi connectivity index (χ2v) is 3.87. The monoisotopic (exact) mass is 180 g/mol. The minimum Gasteiger partial charge on any atom is -0.122 e. The second-order valence-electron chi connectivity index (χ2n) is 3.60. The van der Waals surface area contributed by atoms with Gasteiger partial charge in [-0.2, -0.15) is 0 Å². The van der Waals surface area contributed by atoms with Gasteiger partial charge in [0, 0.05) is 5.88 Å². The van der Waals surface area contributed by atoms with Crippen LogP contribution in [0.25, 0.3) is 0 Å². The lowest BCUT2D eigenvalue weighted by Crippen LogP contribution is -1.88. The smallest absolute Gasteiger partial charge is 0.0474 e. The van der Waals surface area contributed by atoms with Gasteiger partial charge < -0.3 is 0 Å². The summed E-state index contributed by atoms with van der Waals surface area (Å²) in [5, 5.41) is 0. The van der Waals surface area contributed by atoms with Crippen molar-refractivity contribution in [1.29, 1.82) is 0 Å². The molecule has 0 N–H and O–H groups in total. The van der Waals surface area contributed by atoms with E-state index in [1.54, 1.807) is 0 Å². The second kappa shape index (κ2) is 3.49. The lowest BCUT2D eigenvalue weighted by Gasteiger charge is -2.00. The number of halogens is 1. The molecule has 1 fully saturated rings. The molecule has 0 bridgehead atoms. The highest BCUT2D eigenvalue weighted by Gasteiger charge is 2.21. The van der Waals surface area contributed by atoms with Crippen LogP contribution in [0, 0.1) is 5.92 Å². The molecular formula is C11H13Cl. The van der Waals surface area contributed by atoms with E-state index in [2.05, 4.69) is 24.3 Å². The van der Waals surface area contributed by atoms with Crippen LogP contribution in [0.5, 0.6) is 0 Å². The molecule has 0 atom stereocenters. The van der Waals surface area contributed by atoms with E-state index in [0.717, 1.165) is 5.92 Å². The van der Waals surface area contributed by atoms with Crippen LogP contribution in [0.4, 0.5) is 0 Å². The summed E-state index contributed by atoms with van der Waals surface area (Å²) in [6.07, 6.45) is 4.10. The zero-order valence-corrected chi connectivity index (χ0v) is 7.85. The summed E-state index contributed by atoms with van der Waals surface area (Å²) in [6.45, 7) is 0. The number of benzene rings is 1. The first-order valence-electron chi connectivity index (χ1n) is 4.52. The summed E-state index contributed by atoms with van der Waals surface area (Å²) in [7, 11) is 0. The Morgan fingerprint density at radius 3 is 2.67 bits per heavy atom. The fourth-order valence-corrected chi connectivity index (χ4v) is 1.66. The zero-order chi connectivity index (χ0) is 8.39. The first kappa shape index (κ1) is 8.12. The maximum absolute atomic E-state index is 5.75. The molecule has 0 heterocycles. The quantitative estimate of drug-likeness (QED) is 0.626. The molecule has 2 rings (SSSR count). The minimum absolute atomic E-state index is 0.637. The van der Waals surface area contributed by atoms with Gasteiger partial charge in [-0.05, 0) is 36.3 Å². The molecular weight excluding hydrogens is 168 g/mol. The lowest BCUT2D eigenvalue weighted by atomic mass is 10.1. The van der Waals surface area contributed by atoms with Crippen LogP contribution in [0.15, 0.2) is 24.3 Å². The standard InChI is InChI=1S/C11H13Cl/c12-8-11-3-1-2-10(7-11)6-9-4-5-9/h1-3,7,9H,4-6,8H2. The third kappa shape index (κ3) is 2.01. The number of hydrogen-bond donors (Lipinski definition) is 0. The summed E-state index contributed by atoms with van der Waals surface area (Å²) in [6, 6.07) is 8.62. The Labute approximate surface area is 78.6 Å². The fraction of sp³-hybridized carbons (Fsp3) is 0.455. The summed E-state index contributed by atoms with van der Waals surface area (Å²) in [5.74, 6) is 1.61. The Morgan fingerprint density at radius 1 is 1.25 bits per heavy atom. The van der Waals surface area contributed by atoms with Crippen LogP contribution < -0.4 is 0 Å². The number of hydrogen-bond acceptors (Lipinski definition) is 0. The number of alkyl halides is 1. The highest BCUT2D eigenvalue weighted by molar-refractivity contribution is 6.17. The topological polar surface area (TPSA) is 0 Å². The molecule has 12 heavy (non-hydrogen) atoms. The Morgan fingerprint density at radius 2 is 2.00 bits per heavy atom. The van der Waals surface area contributed by atoms with E-state index in [-0.39, 0.29) is 0 Å². The van der Waals surface area contributed by atoms with Gasteiger partial charge >= 0.3 is 0 Å². The molecule has 1 aromatic rings. The summed E-state index contributed by atoms with van der Waals surface area (Å²) in [4.78, 5) is 0. The van der Waals surface area contributed by atoms with Gasteiger partial charge in [0.05, 0.1) is 0 Å². The molecule has 1 aliphatic carbocycles. The van der Waals surface area contributed by atoms with Gasteiger partial charge in [0.1, 0.15) is 0 Å². The maximum Gasteiger partial charge on any atom is 0.0474 e. The molecule has 0 amide bonds. The summed E-state index contributed by atoms with van der Waals surface area (Å²) < 4.78 is 0. The van der Waals surface area contributed by atoms with Crippen molar-refractivity contribution in [1.82, 2.24) is 0 Å². The molecule has 0 nitrogen and oxygen atoms in total. The van der Waals surface area contributed by atoms with Crippen LogP contribution in [-0.4, -0.2) is 0 Å². The van der Waals surface area contributed by atoms with E-state index in [4.69, 9.17) is 11.6 Å². The normalized spacial score (nSPS) is 16.4. The SMILES string of the molecule is ClCc1cccc(CC2CC2)c1. The van der Waals surface area contributed by atoms with Crippen molar-refractivity contribution in [2.75, 3.05) is 0 Å². The van der Waals surface area contributed by atoms with Crippen molar-refractivity contribution in [2.24, 2.45) is 5.92 Å². The molecule has 0 saturated heterocycles. The number of rotatable bonds is 3. The van der Waals surface area contributed by atoms with E-state index in [0.29, 0.717) is 5.88 Å². The molecule has 0 aliphatic heterocycles. The zero-order valence-electron chi connectivity index (χ0n) is 7.09. The van der Waals surface area contributed by atoms with E-state index in [9.17, 15) is 0 Å². The molecule has 1 aliphatic rings. The van der Waals surface area contributed by atoms with Crippen molar-refractivity contribution in [3.8, 4) is 0 Å². The highest BCUT2D eigenvalue weighted by Crippen LogP contribution is 2.32. The van der Waals surface area contributed by atoms with Crippen molar-refractivity contribution >= 4 is 11.6 Å². The molecule has 0 unspecified atom stereocenters. The maximum atomic E-state index is 5.75. The molecule has 1 heteroatoms. The van der Waals surface area contributed by atoms with E-state index in [1.807, 2.05) is 0 Å². The van der Waals surface area contributed by atoms with Crippen LogP contribution in [0.2, 0.25) is 0 Å². The van der Waals surface area contributed by atoms with E-state index >= 15 is 0 Å². The Balaban J connectivity index is 2.08. The van der Waals surface area contributed by atoms with Crippen molar-refractivity contribution in [3.05, 3.63) is 35.4 Å². The fourth-order valence-electron chi connectivity index (χ4n) is 1.50. The first-order chi connectivity index (χ1) is 5.88. The van der Waals surface area contributed by atoms with Gasteiger partial charge in [0.25, 0.3) is 0 Å². The predicted molar refractivity (Wildman–Crippen MR) is 52.4 cm³/mol. The van der Waals surface area contributed by atoms with Crippen molar-refractivity contribution in [2.45, 2.75) is 25.1 Å². The van der Waals surface area contributed by atoms with Gasteiger partial charge in [0.2, 0.25) is 0 Å². The Bertz CT molecular complexity index is 263. The molecule has 1 saturated carbocycles. The first-order valence-corrected chi connectivity index (χ1v) is 5.06. The molecule has 0 radical (unpaired) electrons. The minimum atomic E-state index is 0.637. The molecule has 0 aromatic heterocycles. The average molecular weight is 181 g/mol. The highest BCUT2D eigenvalue weighted by atomic mass is 35.5. The average Bonchev–Trinajstić information content (AvgIpc) is 2.89. The third-order valence-corrected chi connectivity index (χ3v) is 2.68. The van der Waals surface area contributed by atoms with Gasteiger partial charge in [-0.15, -0.1) is 11.6 Å². The van der Waals surface area contributed by atoms with E-state index < -0.39 is 0 Å². The van der Waals surface area contributed by atoms with Gasteiger partial charge in [-0.3, -0.25) is 0 Å². The Kier molecular flexibility index (Phi) is 2.36. The van der Waals surface area contributed by atoms with Crippen molar-refractivity contribution < 1.29 is 0 Å². The van der Waals surface area contributed by atoms with E-state index in [1.165, 1.54) is 30.4 Å². The lowest BCUT2D eigenvalue weighted by molar-refractivity contribution is 0.831. The van der Waals surface area contributed by atoms with Gasteiger partial charge in [0.15, 0.2) is 0 Å². The summed E-state index contributed by atoms with van der Waals surface area (Å²) >= 11 is 5.75. The van der Waals surface area contributed by atoms with Crippen LogP contribution in [0.3, 0.4) is 0 Å². The largest absolute Gasteiger partial charge is 0.122 e. The Hall–Kier alpha value is -0.490. The van der Waals surface area contributed by atoms with Crippen LogP contribution in [-0.2, 0) is 12.3 Å².